The molecule has 0 saturated heterocycles. The van der Waals surface area contributed by atoms with E-state index in [9.17, 15) is 18.7 Å². The van der Waals surface area contributed by atoms with Crippen LogP contribution in [0.4, 0.5) is 17.6 Å². The summed E-state index contributed by atoms with van der Waals surface area (Å²) in [6, 6.07) is 4.67. The van der Waals surface area contributed by atoms with Crippen LogP contribution < -0.4 is 0 Å². The number of carboxylic acid groups (broad SMARTS) is 1. The molecule has 0 bridgehead atoms. The van der Waals surface area contributed by atoms with Crippen molar-refractivity contribution in [2.45, 2.75) is 31.9 Å². The van der Waals surface area contributed by atoms with E-state index in [-0.39, 0.29) is 40.0 Å². The van der Waals surface area contributed by atoms with Gasteiger partial charge in [-0.25, -0.2) is 17.6 Å². The van der Waals surface area contributed by atoms with E-state index in [0.717, 1.165) is 12.1 Å². The largest absolute Gasteiger partial charge is 0.481 e. The number of fused-ring (bicyclic) bond motifs is 2. The number of halogens is 4. The predicted octanol–water partition coefficient (Wildman–Crippen LogP) is 5.33. The smallest absolute Gasteiger partial charge is 0.306 e. The summed E-state index contributed by atoms with van der Waals surface area (Å²) in [6.07, 6.45) is -1.62. The van der Waals surface area contributed by atoms with Gasteiger partial charge in [-0.3, -0.25) is 9.89 Å². The maximum atomic E-state index is 15.7. The van der Waals surface area contributed by atoms with Crippen LogP contribution in [0.3, 0.4) is 0 Å². The maximum Gasteiger partial charge on any atom is 0.306 e. The molecule has 0 aliphatic heterocycles. The summed E-state index contributed by atoms with van der Waals surface area (Å²) < 4.78 is 65.9. The molecule has 10 heteroatoms. The summed E-state index contributed by atoms with van der Waals surface area (Å²) in [5.74, 6) is -4.45. The third kappa shape index (κ3) is 3.74. The Hall–Kier alpha value is -3.40. The van der Waals surface area contributed by atoms with Gasteiger partial charge in [0, 0.05) is 46.3 Å². The van der Waals surface area contributed by atoms with Crippen molar-refractivity contribution in [1.29, 1.82) is 0 Å². The fraction of sp³-hybridized carbons (Fsp3) is 0.304. The molecule has 4 aromatic rings. The van der Waals surface area contributed by atoms with Gasteiger partial charge in [-0.2, -0.15) is 5.10 Å². The topological polar surface area (TPSA) is 80.1 Å². The zero-order valence-corrected chi connectivity index (χ0v) is 18.0. The number of H-pyrrole nitrogens is 1. The van der Waals surface area contributed by atoms with E-state index >= 15 is 8.78 Å². The summed E-state index contributed by atoms with van der Waals surface area (Å²) in [5, 5.41) is 15.8. The summed E-state index contributed by atoms with van der Waals surface area (Å²) in [7, 11) is 1.44. The van der Waals surface area contributed by atoms with Crippen LogP contribution in [0.15, 0.2) is 30.5 Å². The quantitative estimate of drug-likeness (QED) is 0.363. The fourth-order valence-electron chi connectivity index (χ4n) is 4.38. The number of rotatable bonds is 7. The van der Waals surface area contributed by atoms with Crippen molar-refractivity contribution < 1.29 is 32.2 Å². The third-order valence-corrected chi connectivity index (χ3v) is 5.62. The van der Waals surface area contributed by atoms with E-state index in [1.807, 2.05) is 0 Å². The first-order valence-corrected chi connectivity index (χ1v) is 10.1. The lowest BCUT2D eigenvalue weighted by Crippen LogP contribution is -2.28. The minimum atomic E-state index is -2.09. The molecule has 0 fully saturated rings. The van der Waals surface area contributed by atoms with Crippen LogP contribution >= 0.6 is 0 Å². The van der Waals surface area contributed by atoms with Crippen LogP contribution in [0.25, 0.3) is 27.5 Å². The van der Waals surface area contributed by atoms with Gasteiger partial charge >= 0.3 is 5.97 Å². The summed E-state index contributed by atoms with van der Waals surface area (Å²) in [5.41, 5.74) is -0.671. The number of carboxylic acids is 1. The number of hydrogen-bond acceptors (Lipinski definition) is 3. The van der Waals surface area contributed by atoms with Gasteiger partial charge in [-0.1, -0.05) is 13.8 Å². The lowest BCUT2D eigenvalue weighted by Gasteiger charge is -2.28. The molecule has 0 aliphatic carbocycles. The zero-order chi connectivity index (χ0) is 24.1. The molecule has 2 aromatic carbocycles. The number of ether oxygens (including phenoxy) is 1. The van der Waals surface area contributed by atoms with Crippen molar-refractivity contribution in [3.63, 3.8) is 0 Å². The molecule has 6 nitrogen and oxygen atoms in total. The summed E-state index contributed by atoms with van der Waals surface area (Å²) >= 11 is 0. The highest BCUT2D eigenvalue weighted by atomic mass is 19.2. The molecular weight excluding hydrogens is 442 g/mol. The predicted molar refractivity (Wildman–Crippen MR) is 114 cm³/mol. The second-order valence-electron chi connectivity index (χ2n) is 8.50. The molecule has 2 aromatic heterocycles. The molecule has 0 radical (unpaired) electrons. The van der Waals surface area contributed by atoms with E-state index in [4.69, 9.17) is 4.74 Å². The Morgan fingerprint density at radius 1 is 1.24 bits per heavy atom. The highest BCUT2D eigenvalue weighted by Gasteiger charge is 2.37. The molecule has 0 spiro atoms. The van der Waals surface area contributed by atoms with Crippen molar-refractivity contribution in [2.75, 3.05) is 13.7 Å². The fourth-order valence-corrected chi connectivity index (χ4v) is 4.38. The Morgan fingerprint density at radius 2 is 1.97 bits per heavy atom. The van der Waals surface area contributed by atoms with Crippen LogP contribution in [-0.4, -0.2) is 39.6 Å². The van der Waals surface area contributed by atoms with Crippen LogP contribution in [-0.2, 0) is 14.9 Å². The normalized spacial score (nSPS) is 13.2. The average Bonchev–Trinajstić information content (AvgIpc) is 3.33. The van der Waals surface area contributed by atoms with E-state index < -0.39 is 41.4 Å². The molecule has 2 N–H and O–H groups in total. The van der Waals surface area contributed by atoms with E-state index in [2.05, 4.69) is 10.2 Å². The number of nitrogens with zero attached hydrogens (tertiary/aromatic N) is 2. The number of aromatic nitrogens is 3. The molecule has 0 amide bonds. The Kier molecular flexibility index (Phi) is 5.65. The van der Waals surface area contributed by atoms with Crippen LogP contribution in [0.2, 0.25) is 0 Å². The lowest BCUT2D eigenvalue weighted by atomic mass is 9.85. The number of aromatic amines is 1. The number of benzene rings is 2. The first kappa shape index (κ1) is 22.8. The van der Waals surface area contributed by atoms with Gasteiger partial charge in [-0.05, 0) is 18.2 Å². The Balaban J connectivity index is 2.22. The molecule has 0 unspecified atom stereocenters. The lowest BCUT2D eigenvalue weighted by molar-refractivity contribution is -0.138. The number of aliphatic carboxylic acids is 1. The molecule has 33 heavy (non-hydrogen) atoms. The maximum absolute atomic E-state index is 15.7. The molecule has 2 heterocycles. The molecule has 0 aliphatic rings. The zero-order valence-electron chi connectivity index (χ0n) is 18.0. The van der Waals surface area contributed by atoms with Gasteiger partial charge in [0.05, 0.1) is 24.7 Å². The highest BCUT2D eigenvalue weighted by Crippen LogP contribution is 2.44. The van der Waals surface area contributed by atoms with Gasteiger partial charge in [0.25, 0.3) is 0 Å². The van der Waals surface area contributed by atoms with Gasteiger partial charge in [0.1, 0.15) is 11.7 Å². The van der Waals surface area contributed by atoms with Gasteiger partial charge in [0.15, 0.2) is 17.5 Å². The van der Waals surface area contributed by atoms with Crippen molar-refractivity contribution >= 4 is 27.8 Å². The molecule has 0 saturated carbocycles. The van der Waals surface area contributed by atoms with Gasteiger partial charge in [0.2, 0.25) is 0 Å². The number of carbonyl (C=O) groups is 1. The van der Waals surface area contributed by atoms with Gasteiger partial charge in [-0.15, -0.1) is 0 Å². The van der Waals surface area contributed by atoms with Gasteiger partial charge < -0.3 is 14.4 Å². The monoisotopic (exact) mass is 463 g/mol. The Bertz CT molecular complexity index is 1380. The van der Waals surface area contributed by atoms with Crippen LogP contribution in [0.5, 0.6) is 0 Å². The van der Waals surface area contributed by atoms with E-state index in [0.29, 0.717) is 5.39 Å². The van der Waals surface area contributed by atoms with E-state index in [1.54, 1.807) is 19.9 Å². The number of alkyl halides is 1. The van der Waals surface area contributed by atoms with Crippen molar-refractivity contribution in [2.24, 2.45) is 0 Å². The van der Waals surface area contributed by atoms with Crippen LogP contribution in [0.1, 0.15) is 37.7 Å². The number of nitrogens with one attached hydrogen (secondary N) is 1. The van der Waals surface area contributed by atoms with Crippen molar-refractivity contribution in [3.05, 3.63) is 59.2 Å². The standard InChI is InChI=1S/C23H21F4N3O3/c1-23(2,10-33-3)22-18(15(26)8-17(31)32)19-16(6-11-9-28-29-21(11)20(19)27)30(22)12-4-5-13(24)14(25)7-12/h4-7,9,15H,8,10H2,1-3H3,(H,28,29)(H,31,32)/t15-/m0/s1. The second-order valence-corrected chi connectivity index (χ2v) is 8.50. The molecule has 4 rings (SSSR count). The van der Waals surface area contributed by atoms with E-state index in [1.165, 1.54) is 23.9 Å². The first-order valence-electron chi connectivity index (χ1n) is 10.1. The number of methoxy groups -OCH3 is 1. The van der Waals surface area contributed by atoms with Crippen LogP contribution in [0, 0.1) is 17.5 Å². The minimum absolute atomic E-state index is 0.0183. The summed E-state index contributed by atoms with van der Waals surface area (Å²) in [4.78, 5) is 11.3. The molecule has 1 atom stereocenters. The summed E-state index contributed by atoms with van der Waals surface area (Å²) in [6.45, 7) is 3.48. The Labute approximate surface area is 185 Å². The second kappa shape index (κ2) is 8.18. The SMILES string of the molecule is COCC(C)(C)c1c([C@@H](F)CC(=O)O)c2c(F)c3[nH]ncc3cc2n1-c1ccc(F)c(F)c1. The van der Waals surface area contributed by atoms with Crippen molar-refractivity contribution in [1.82, 2.24) is 14.8 Å². The number of hydrogen-bond donors (Lipinski definition) is 2. The molecular formula is C23H21F4N3O3. The highest BCUT2D eigenvalue weighted by molar-refractivity contribution is 6.00. The molecule has 174 valence electrons. The first-order chi connectivity index (χ1) is 15.6. The minimum Gasteiger partial charge on any atom is -0.481 e. The average molecular weight is 463 g/mol. The Morgan fingerprint density at radius 3 is 2.61 bits per heavy atom. The third-order valence-electron chi connectivity index (χ3n) is 5.62. The van der Waals surface area contributed by atoms with Crippen molar-refractivity contribution in [3.8, 4) is 5.69 Å².